The van der Waals surface area contributed by atoms with Crippen molar-refractivity contribution in [1.82, 2.24) is 15.0 Å². The lowest BCUT2D eigenvalue weighted by atomic mass is 9.82. The summed E-state index contributed by atoms with van der Waals surface area (Å²) in [5.74, 6) is 0.685. The normalized spacial score (nSPS) is 12.9. The number of aromatic nitrogens is 3. The maximum atomic E-state index is 5.47. The molecule has 53 heavy (non-hydrogen) atoms. The molecule has 3 heteroatoms. The largest absolute Gasteiger partial charge is 0.248 e. The van der Waals surface area contributed by atoms with Crippen LogP contribution < -0.4 is 0 Å². The van der Waals surface area contributed by atoms with Gasteiger partial charge in [-0.1, -0.05) is 153 Å². The molecule has 1 aliphatic rings. The number of hydrogen-bond donors (Lipinski definition) is 0. The molecule has 1 aliphatic carbocycles. The second-order valence-electron chi connectivity index (χ2n) is 14.4. The molecule has 0 fully saturated rings. The Morgan fingerprint density at radius 2 is 0.943 bits per heavy atom. The molecule has 0 N–H and O–H groups in total. The molecular weight excluding hydrogens is 643 g/mol. The third-order valence-electron chi connectivity index (χ3n) is 10.9. The molecule has 2 heterocycles. The van der Waals surface area contributed by atoms with E-state index in [-0.39, 0.29) is 5.41 Å². The topological polar surface area (TPSA) is 38.7 Å². The molecule has 0 atom stereocenters. The van der Waals surface area contributed by atoms with Gasteiger partial charge in [-0.2, -0.15) is 0 Å². The molecule has 0 spiro atoms. The summed E-state index contributed by atoms with van der Waals surface area (Å²) in [6.07, 6.45) is 0. The molecule has 2 aromatic heterocycles. The zero-order valence-electron chi connectivity index (χ0n) is 29.6. The lowest BCUT2D eigenvalue weighted by Gasteiger charge is -2.22. The van der Waals surface area contributed by atoms with Crippen molar-refractivity contribution in [1.29, 1.82) is 0 Å². The zero-order valence-corrected chi connectivity index (χ0v) is 29.6. The van der Waals surface area contributed by atoms with Crippen LogP contribution in [0.4, 0.5) is 0 Å². The summed E-state index contributed by atoms with van der Waals surface area (Å²) in [6.45, 7) is 4.66. The fourth-order valence-corrected chi connectivity index (χ4v) is 8.15. The third kappa shape index (κ3) is 5.24. The Bertz CT molecular complexity index is 2780. The van der Waals surface area contributed by atoms with E-state index in [0.29, 0.717) is 5.82 Å². The summed E-state index contributed by atoms with van der Waals surface area (Å²) >= 11 is 0. The van der Waals surface area contributed by atoms with Crippen LogP contribution in [0.15, 0.2) is 176 Å². The molecule has 0 amide bonds. The maximum absolute atomic E-state index is 5.47. The van der Waals surface area contributed by atoms with Gasteiger partial charge in [-0.15, -0.1) is 0 Å². The van der Waals surface area contributed by atoms with Crippen LogP contribution in [0.5, 0.6) is 0 Å². The smallest absolute Gasteiger partial charge is 0.161 e. The van der Waals surface area contributed by atoms with Crippen molar-refractivity contribution in [2.45, 2.75) is 19.3 Å². The average Bonchev–Trinajstić information content (AvgIpc) is 3.45. The van der Waals surface area contributed by atoms with E-state index in [4.69, 9.17) is 15.0 Å². The Balaban J connectivity index is 1.22. The summed E-state index contributed by atoms with van der Waals surface area (Å²) in [4.78, 5) is 16.0. The van der Waals surface area contributed by atoms with Crippen LogP contribution in [0, 0.1) is 0 Å². The Kier molecular flexibility index (Phi) is 7.16. The first kappa shape index (κ1) is 31.1. The molecule has 0 saturated heterocycles. The van der Waals surface area contributed by atoms with Crippen LogP contribution in [-0.4, -0.2) is 15.0 Å². The number of pyridine rings is 1. The summed E-state index contributed by atoms with van der Waals surface area (Å²) in [5, 5.41) is 3.36. The standard InChI is InChI=1S/C50H35N3/c1-50(2)43-25-15-14-24-38(43)40-28-41-39(32-16-6-3-7-17-32)29-45(51-48(41)30-44(40)50)36-26-35-22-12-13-23-37(35)42(27-36)49-52-46(33-18-8-4-9-19-33)31-47(53-49)34-20-10-5-11-21-34/h3-31H,1-2H3. The SMILES string of the molecule is CC1(C)c2ccccc2-c2cc3c(-c4ccccc4)cc(-c4cc(-c5nc(-c6ccccc6)cc(-c6ccccc6)n5)c5ccccc5c4)nc3cc21. The van der Waals surface area contributed by atoms with Crippen molar-refractivity contribution >= 4 is 21.7 Å². The van der Waals surface area contributed by atoms with Gasteiger partial charge in [0, 0.05) is 33.1 Å². The number of hydrogen-bond acceptors (Lipinski definition) is 3. The van der Waals surface area contributed by atoms with E-state index in [0.717, 1.165) is 61.0 Å². The predicted octanol–water partition coefficient (Wildman–Crippen LogP) is 12.8. The highest BCUT2D eigenvalue weighted by molar-refractivity contribution is 6.03. The lowest BCUT2D eigenvalue weighted by molar-refractivity contribution is 0.661. The van der Waals surface area contributed by atoms with Gasteiger partial charge in [-0.25, -0.2) is 15.0 Å². The van der Waals surface area contributed by atoms with E-state index < -0.39 is 0 Å². The molecule has 0 unspecified atom stereocenters. The van der Waals surface area contributed by atoms with E-state index in [9.17, 15) is 0 Å². The van der Waals surface area contributed by atoms with E-state index in [1.54, 1.807) is 0 Å². The Labute approximate surface area is 309 Å². The maximum Gasteiger partial charge on any atom is 0.161 e. The fourth-order valence-electron chi connectivity index (χ4n) is 8.15. The second kappa shape index (κ2) is 12.2. The van der Waals surface area contributed by atoms with Gasteiger partial charge < -0.3 is 0 Å². The van der Waals surface area contributed by atoms with E-state index >= 15 is 0 Å². The molecule has 9 aromatic rings. The zero-order chi connectivity index (χ0) is 35.5. The van der Waals surface area contributed by atoms with Crippen LogP contribution in [-0.2, 0) is 5.41 Å². The first-order valence-electron chi connectivity index (χ1n) is 18.2. The first-order valence-corrected chi connectivity index (χ1v) is 18.2. The van der Waals surface area contributed by atoms with Gasteiger partial charge in [0.2, 0.25) is 0 Å². The van der Waals surface area contributed by atoms with Crippen molar-refractivity contribution in [3.05, 3.63) is 187 Å². The average molecular weight is 678 g/mol. The van der Waals surface area contributed by atoms with Gasteiger partial charge in [0.1, 0.15) is 0 Å². The number of benzene rings is 7. The molecule has 3 nitrogen and oxygen atoms in total. The highest BCUT2D eigenvalue weighted by Crippen LogP contribution is 2.50. The predicted molar refractivity (Wildman–Crippen MR) is 220 cm³/mol. The highest BCUT2D eigenvalue weighted by Gasteiger charge is 2.35. The van der Waals surface area contributed by atoms with Gasteiger partial charge in [0.05, 0.1) is 22.6 Å². The highest BCUT2D eigenvalue weighted by atomic mass is 14.9. The quantitative estimate of drug-likeness (QED) is 0.182. The summed E-state index contributed by atoms with van der Waals surface area (Å²) in [7, 11) is 0. The van der Waals surface area contributed by atoms with Crippen LogP contribution in [0.2, 0.25) is 0 Å². The van der Waals surface area contributed by atoms with Crippen molar-refractivity contribution in [3.8, 4) is 67.4 Å². The molecule has 7 aromatic carbocycles. The van der Waals surface area contributed by atoms with Crippen LogP contribution in [0.3, 0.4) is 0 Å². The van der Waals surface area contributed by atoms with Gasteiger partial charge in [-0.05, 0) is 80.6 Å². The Morgan fingerprint density at radius 3 is 1.64 bits per heavy atom. The second-order valence-corrected chi connectivity index (χ2v) is 14.4. The molecular formula is C50H35N3. The molecule has 10 rings (SSSR count). The van der Waals surface area contributed by atoms with Crippen molar-refractivity contribution < 1.29 is 0 Å². The van der Waals surface area contributed by atoms with Crippen molar-refractivity contribution in [2.24, 2.45) is 0 Å². The molecule has 0 radical (unpaired) electrons. The first-order chi connectivity index (χ1) is 26.0. The van der Waals surface area contributed by atoms with Crippen LogP contribution in [0.25, 0.3) is 89.1 Å². The van der Waals surface area contributed by atoms with E-state index in [1.807, 2.05) is 12.1 Å². The minimum absolute atomic E-state index is 0.127. The summed E-state index contributed by atoms with van der Waals surface area (Å²) < 4.78 is 0. The van der Waals surface area contributed by atoms with Gasteiger partial charge in [0.15, 0.2) is 5.82 Å². The van der Waals surface area contributed by atoms with Crippen LogP contribution in [0.1, 0.15) is 25.0 Å². The lowest BCUT2D eigenvalue weighted by Crippen LogP contribution is -2.14. The van der Waals surface area contributed by atoms with E-state index in [2.05, 4.69) is 178 Å². The number of fused-ring (bicyclic) bond motifs is 5. The van der Waals surface area contributed by atoms with Gasteiger partial charge in [-0.3, -0.25) is 0 Å². The summed E-state index contributed by atoms with van der Waals surface area (Å²) in [6, 6.07) is 62.3. The van der Waals surface area contributed by atoms with Crippen molar-refractivity contribution in [3.63, 3.8) is 0 Å². The molecule has 0 aliphatic heterocycles. The monoisotopic (exact) mass is 677 g/mol. The Hall–Kier alpha value is -6.71. The number of nitrogens with zero attached hydrogens (tertiary/aromatic N) is 3. The Morgan fingerprint density at radius 1 is 0.358 bits per heavy atom. The fraction of sp³-hybridized carbons (Fsp3) is 0.0600. The molecule has 0 bridgehead atoms. The van der Waals surface area contributed by atoms with E-state index in [1.165, 1.54) is 33.4 Å². The molecule has 250 valence electrons. The van der Waals surface area contributed by atoms with Gasteiger partial charge in [0.25, 0.3) is 0 Å². The third-order valence-corrected chi connectivity index (χ3v) is 10.9. The van der Waals surface area contributed by atoms with Crippen molar-refractivity contribution in [2.75, 3.05) is 0 Å². The van der Waals surface area contributed by atoms with Crippen LogP contribution >= 0.6 is 0 Å². The number of rotatable bonds is 5. The minimum atomic E-state index is -0.127. The van der Waals surface area contributed by atoms with Gasteiger partial charge >= 0.3 is 0 Å². The molecule has 0 saturated carbocycles. The summed E-state index contributed by atoms with van der Waals surface area (Å²) in [5.41, 5.74) is 15.3. The minimum Gasteiger partial charge on any atom is -0.248 e.